The Kier molecular flexibility index (Phi) is 3.60. The summed E-state index contributed by atoms with van der Waals surface area (Å²) < 4.78 is 1.78. The first-order valence-corrected chi connectivity index (χ1v) is 6.11. The van der Waals surface area contributed by atoms with E-state index in [2.05, 4.69) is 5.10 Å². The molecule has 0 bridgehead atoms. The molecule has 3 heteroatoms. The second kappa shape index (κ2) is 5.17. The van der Waals surface area contributed by atoms with E-state index in [0.717, 1.165) is 17.0 Å². The standard InChI is InChI=1S/C15H18N2O/c1-11-4-6-13(7-5-11)9-15(18)10-14-8-12(2)16-17(14)3/h4-8H,9-10H2,1-3H3. The molecular weight excluding hydrogens is 224 g/mol. The lowest BCUT2D eigenvalue weighted by Crippen LogP contribution is -2.10. The molecule has 94 valence electrons. The first-order valence-electron chi connectivity index (χ1n) is 6.11. The number of benzene rings is 1. The molecular formula is C15H18N2O. The van der Waals surface area contributed by atoms with Crippen molar-refractivity contribution in [3.8, 4) is 0 Å². The molecule has 0 aliphatic heterocycles. The average molecular weight is 242 g/mol. The number of ketones is 1. The van der Waals surface area contributed by atoms with Gasteiger partial charge in [0.25, 0.3) is 0 Å². The lowest BCUT2D eigenvalue weighted by Gasteiger charge is -2.03. The van der Waals surface area contributed by atoms with Gasteiger partial charge in [0.05, 0.1) is 5.69 Å². The van der Waals surface area contributed by atoms with E-state index in [1.807, 2.05) is 51.2 Å². The van der Waals surface area contributed by atoms with Crippen LogP contribution in [0.4, 0.5) is 0 Å². The van der Waals surface area contributed by atoms with Gasteiger partial charge < -0.3 is 0 Å². The van der Waals surface area contributed by atoms with E-state index in [0.29, 0.717) is 12.8 Å². The second-order valence-corrected chi connectivity index (χ2v) is 4.78. The molecule has 0 radical (unpaired) electrons. The van der Waals surface area contributed by atoms with Gasteiger partial charge in [0.1, 0.15) is 5.78 Å². The van der Waals surface area contributed by atoms with Gasteiger partial charge in [0.2, 0.25) is 0 Å². The highest BCUT2D eigenvalue weighted by Gasteiger charge is 2.09. The van der Waals surface area contributed by atoms with Gasteiger partial charge in [-0.05, 0) is 25.5 Å². The summed E-state index contributed by atoms with van der Waals surface area (Å²) in [7, 11) is 1.88. The molecule has 0 spiro atoms. The number of carbonyl (C=O) groups excluding carboxylic acids is 1. The van der Waals surface area contributed by atoms with Crippen LogP contribution in [0.1, 0.15) is 22.5 Å². The maximum absolute atomic E-state index is 12.0. The highest BCUT2D eigenvalue weighted by atomic mass is 16.1. The number of nitrogens with zero attached hydrogens (tertiary/aromatic N) is 2. The first kappa shape index (κ1) is 12.6. The third-order valence-electron chi connectivity index (χ3n) is 3.00. The van der Waals surface area contributed by atoms with Crippen LogP contribution in [0.2, 0.25) is 0 Å². The molecule has 1 aromatic heterocycles. The maximum Gasteiger partial charge on any atom is 0.143 e. The van der Waals surface area contributed by atoms with Gasteiger partial charge in [-0.15, -0.1) is 0 Å². The molecule has 1 heterocycles. The van der Waals surface area contributed by atoms with Crippen molar-refractivity contribution < 1.29 is 4.79 Å². The summed E-state index contributed by atoms with van der Waals surface area (Å²) >= 11 is 0. The van der Waals surface area contributed by atoms with Crippen LogP contribution in [0.25, 0.3) is 0 Å². The van der Waals surface area contributed by atoms with E-state index in [-0.39, 0.29) is 5.78 Å². The molecule has 2 aromatic rings. The molecule has 0 N–H and O–H groups in total. The van der Waals surface area contributed by atoms with Crippen LogP contribution in [0.5, 0.6) is 0 Å². The monoisotopic (exact) mass is 242 g/mol. The largest absolute Gasteiger partial charge is 0.299 e. The molecule has 0 fully saturated rings. The fraction of sp³-hybridized carbons (Fsp3) is 0.333. The Bertz CT molecular complexity index is 552. The third-order valence-corrected chi connectivity index (χ3v) is 3.00. The summed E-state index contributed by atoms with van der Waals surface area (Å²) in [5, 5.41) is 4.25. The van der Waals surface area contributed by atoms with Crippen molar-refractivity contribution in [2.45, 2.75) is 26.7 Å². The van der Waals surface area contributed by atoms with Gasteiger partial charge in [-0.3, -0.25) is 9.48 Å². The van der Waals surface area contributed by atoms with Crippen molar-refractivity contribution in [1.82, 2.24) is 9.78 Å². The Labute approximate surface area is 107 Å². The SMILES string of the molecule is Cc1ccc(CC(=O)Cc2cc(C)nn2C)cc1. The van der Waals surface area contributed by atoms with Gasteiger partial charge >= 0.3 is 0 Å². The minimum atomic E-state index is 0.224. The summed E-state index contributed by atoms with van der Waals surface area (Å²) in [6.07, 6.45) is 0.940. The smallest absolute Gasteiger partial charge is 0.143 e. The van der Waals surface area contributed by atoms with Gasteiger partial charge in [-0.1, -0.05) is 29.8 Å². The van der Waals surface area contributed by atoms with E-state index in [9.17, 15) is 4.79 Å². The van der Waals surface area contributed by atoms with Gasteiger partial charge in [-0.25, -0.2) is 0 Å². The lowest BCUT2D eigenvalue weighted by atomic mass is 10.0. The van der Waals surface area contributed by atoms with Crippen molar-refractivity contribution in [3.05, 3.63) is 52.8 Å². The fourth-order valence-corrected chi connectivity index (χ4v) is 2.03. The van der Waals surface area contributed by atoms with E-state index < -0.39 is 0 Å². The summed E-state index contributed by atoms with van der Waals surface area (Å²) in [5.41, 5.74) is 4.22. The minimum Gasteiger partial charge on any atom is -0.299 e. The van der Waals surface area contributed by atoms with E-state index in [1.165, 1.54) is 5.56 Å². The van der Waals surface area contributed by atoms with Crippen molar-refractivity contribution >= 4 is 5.78 Å². The van der Waals surface area contributed by atoms with Gasteiger partial charge in [0.15, 0.2) is 0 Å². The van der Waals surface area contributed by atoms with E-state index in [1.54, 1.807) is 4.68 Å². The molecule has 0 saturated carbocycles. The van der Waals surface area contributed by atoms with Crippen LogP contribution in [-0.4, -0.2) is 15.6 Å². The predicted molar refractivity (Wildman–Crippen MR) is 71.5 cm³/mol. The predicted octanol–water partition coefficient (Wildman–Crippen LogP) is 2.39. The van der Waals surface area contributed by atoms with Crippen LogP contribution in [0.3, 0.4) is 0 Å². The summed E-state index contributed by atoms with van der Waals surface area (Å²) in [6.45, 7) is 3.98. The Morgan fingerprint density at radius 1 is 1.17 bits per heavy atom. The van der Waals surface area contributed by atoms with E-state index in [4.69, 9.17) is 0 Å². The van der Waals surface area contributed by atoms with Crippen LogP contribution in [0.15, 0.2) is 30.3 Å². The lowest BCUT2D eigenvalue weighted by molar-refractivity contribution is -0.117. The molecule has 0 unspecified atom stereocenters. The Balaban J connectivity index is 2.01. The van der Waals surface area contributed by atoms with Crippen LogP contribution in [-0.2, 0) is 24.7 Å². The number of Topliss-reactive ketones (excluding diaryl/α,β-unsaturated/α-hetero) is 1. The highest BCUT2D eigenvalue weighted by molar-refractivity contribution is 5.82. The molecule has 0 aliphatic rings. The van der Waals surface area contributed by atoms with Crippen LogP contribution >= 0.6 is 0 Å². The van der Waals surface area contributed by atoms with E-state index >= 15 is 0 Å². The summed E-state index contributed by atoms with van der Waals surface area (Å²) in [6, 6.07) is 10.1. The molecule has 0 saturated heterocycles. The van der Waals surface area contributed by atoms with Gasteiger partial charge in [0, 0.05) is 25.6 Å². The van der Waals surface area contributed by atoms with Crippen LogP contribution in [0, 0.1) is 13.8 Å². The molecule has 2 rings (SSSR count). The van der Waals surface area contributed by atoms with Crippen molar-refractivity contribution in [2.24, 2.45) is 7.05 Å². The highest BCUT2D eigenvalue weighted by Crippen LogP contribution is 2.08. The topological polar surface area (TPSA) is 34.9 Å². The zero-order chi connectivity index (χ0) is 13.1. The quantitative estimate of drug-likeness (QED) is 0.825. The summed E-state index contributed by atoms with van der Waals surface area (Å²) in [4.78, 5) is 12.0. The number of aryl methyl sites for hydroxylation is 3. The maximum atomic E-state index is 12.0. The molecule has 18 heavy (non-hydrogen) atoms. The van der Waals surface area contributed by atoms with Crippen molar-refractivity contribution in [3.63, 3.8) is 0 Å². The number of hydrogen-bond donors (Lipinski definition) is 0. The van der Waals surface area contributed by atoms with Crippen molar-refractivity contribution in [2.75, 3.05) is 0 Å². The molecule has 0 aliphatic carbocycles. The molecule has 0 atom stereocenters. The van der Waals surface area contributed by atoms with Crippen molar-refractivity contribution in [1.29, 1.82) is 0 Å². The average Bonchev–Trinajstić information content (AvgIpc) is 2.61. The number of aromatic nitrogens is 2. The van der Waals surface area contributed by atoms with Crippen LogP contribution < -0.4 is 0 Å². The second-order valence-electron chi connectivity index (χ2n) is 4.78. The summed E-state index contributed by atoms with van der Waals surface area (Å²) in [5.74, 6) is 0.224. The number of carbonyl (C=O) groups is 1. The number of rotatable bonds is 4. The minimum absolute atomic E-state index is 0.224. The molecule has 0 amide bonds. The Morgan fingerprint density at radius 3 is 2.39 bits per heavy atom. The first-order chi connectivity index (χ1) is 8.54. The van der Waals surface area contributed by atoms with Gasteiger partial charge in [-0.2, -0.15) is 5.10 Å². The zero-order valence-corrected chi connectivity index (χ0v) is 11.1. The molecule has 1 aromatic carbocycles. The third kappa shape index (κ3) is 3.06. The fourth-order valence-electron chi connectivity index (χ4n) is 2.03. The number of hydrogen-bond acceptors (Lipinski definition) is 2. The zero-order valence-electron chi connectivity index (χ0n) is 11.1. The molecule has 3 nitrogen and oxygen atoms in total. The Morgan fingerprint density at radius 2 is 1.83 bits per heavy atom. The normalized spacial score (nSPS) is 10.6. The Hall–Kier alpha value is -1.90.